The summed E-state index contributed by atoms with van der Waals surface area (Å²) in [5, 5.41) is 7.79. The fourth-order valence-corrected chi connectivity index (χ4v) is 4.09. The summed E-state index contributed by atoms with van der Waals surface area (Å²) >= 11 is 5.53. The summed E-state index contributed by atoms with van der Waals surface area (Å²) in [5.74, 6) is 0. The van der Waals surface area contributed by atoms with Gasteiger partial charge in [-0.3, -0.25) is 4.90 Å². The van der Waals surface area contributed by atoms with Crippen LogP contribution >= 0.6 is 12.2 Å². The third kappa shape index (κ3) is 3.61. The number of rotatable bonds is 4. The molecule has 1 aliphatic carbocycles. The third-order valence-electron chi connectivity index (χ3n) is 5.08. The second kappa shape index (κ2) is 7.42. The molecule has 0 saturated carbocycles. The van der Waals surface area contributed by atoms with Crippen LogP contribution in [0.3, 0.4) is 0 Å². The number of aryl methyl sites for hydroxylation is 1. The lowest BCUT2D eigenvalue weighted by Crippen LogP contribution is -2.45. The SMILES string of the molecule is CCN1CCC[C@H]1CNC(=S)N[C@@H]1CCCc2ccccc21. The zero-order valence-corrected chi connectivity index (χ0v) is 14.3. The molecule has 1 fully saturated rings. The molecule has 0 unspecified atom stereocenters. The second-order valence-electron chi connectivity index (χ2n) is 6.42. The van der Waals surface area contributed by atoms with Gasteiger partial charge in [-0.15, -0.1) is 0 Å². The molecule has 0 radical (unpaired) electrons. The number of likely N-dealkylation sites (N-methyl/N-ethyl adjacent to an activating group) is 1. The Hall–Kier alpha value is -1.13. The number of likely N-dealkylation sites (tertiary alicyclic amines) is 1. The van der Waals surface area contributed by atoms with Crippen LogP contribution < -0.4 is 10.6 Å². The molecule has 0 aromatic heterocycles. The topological polar surface area (TPSA) is 27.3 Å². The van der Waals surface area contributed by atoms with Crippen LogP contribution in [0.4, 0.5) is 0 Å². The van der Waals surface area contributed by atoms with Gasteiger partial charge in [-0.25, -0.2) is 0 Å². The van der Waals surface area contributed by atoms with Crippen LogP contribution in [0.5, 0.6) is 0 Å². The van der Waals surface area contributed by atoms with Gasteiger partial charge in [0.1, 0.15) is 0 Å². The van der Waals surface area contributed by atoms with Crippen molar-refractivity contribution in [1.82, 2.24) is 15.5 Å². The molecule has 1 saturated heterocycles. The molecule has 0 bridgehead atoms. The van der Waals surface area contributed by atoms with E-state index in [4.69, 9.17) is 12.2 Å². The molecule has 1 heterocycles. The molecule has 1 aliphatic heterocycles. The fraction of sp³-hybridized carbons (Fsp3) is 0.611. The number of hydrogen-bond acceptors (Lipinski definition) is 2. The number of hydrogen-bond donors (Lipinski definition) is 2. The Morgan fingerprint density at radius 3 is 3.00 bits per heavy atom. The van der Waals surface area contributed by atoms with Gasteiger partial charge in [0.15, 0.2) is 5.11 Å². The molecule has 0 amide bonds. The summed E-state index contributed by atoms with van der Waals surface area (Å²) < 4.78 is 0. The van der Waals surface area contributed by atoms with Gasteiger partial charge < -0.3 is 10.6 Å². The monoisotopic (exact) mass is 317 g/mol. The van der Waals surface area contributed by atoms with Crippen LogP contribution in [-0.4, -0.2) is 35.7 Å². The highest BCUT2D eigenvalue weighted by Gasteiger charge is 2.24. The van der Waals surface area contributed by atoms with Crippen LogP contribution in [0.15, 0.2) is 24.3 Å². The fourth-order valence-electron chi connectivity index (χ4n) is 3.87. The maximum absolute atomic E-state index is 5.53. The van der Waals surface area contributed by atoms with Crippen molar-refractivity contribution < 1.29 is 0 Å². The summed E-state index contributed by atoms with van der Waals surface area (Å²) in [6, 6.07) is 9.77. The number of thiocarbonyl (C=S) groups is 1. The molecule has 2 atom stereocenters. The van der Waals surface area contributed by atoms with Crippen molar-refractivity contribution in [3.63, 3.8) is 0 Å². The Bertz CT molecular complexity index is 517. The van der Waals surface area contributed by atoms with Gasteiger partial charge in [0.25, 0.3) is 0 Å². The third-order valence-corrected chi connectivity index (χ3v) is 5.34. The average Bonchev–Trinajstić information content (AvgIpc) is 3.01. The number of nitrogens with one attached hydrogen (secondary N) is 2. The molecule has 0 spiro atoms. The van der Waals surface area contributed by atoms with Gasteiger partial charge >= 0.3 is 0 Å². The molecule has 3 nitrogen and oxygen atoms in total. The van der Waals surface area contributed by atoms with Gasteiger partial charge in [-0.05, 0) is 68.5 Å². The van der Waals surface area contributed by atoms with Crippen molar-refractivity contribution in [2.75, 3.05) is 19.6 Å². The molecule has 2 aliphatic rings. The molecule has 2 N–H and O–H groups in total. The van der Waals surface area contributed by atoms with Gasteiger partial charge in [0.05, 0.1) is 6.04 Å². The van der Waals surface area contributed by atoms with Crippen LogP contribution in [0.2, 0.25) is 0 Å². The van der Waals surface area contributed by atoms with Crippen LogP contribution in [0.25, 0.3) is 0 Å². The van der Waals surface area contributed by atoms with Gasteiger partial charge in [0.2, 0.25) is 0 Å². The van der Waals surface area contributed by atoms with E-state index in [0.717, 1.165) is 18.2 Å². The first-order valence-electron chi connectivity index (χ1n) is 8.64. The minimum Gasteiger partial charge on any atom is -0.361 e. The maximum Gasteiger partial charge on any atom is 0.166 e. The van der Waals surface area contributed by atoms with Crippen molar-refractivity contribution in [2.45, 2.75) is 51.1 Å². The average molecular weight is 318 g/mol. The molecule has 4 heteroatoms. The number of fused-ring (bicyclic) bond motifs is 1. The first kappa shape index (κ1) is 15.8. The van der Waals surface area contributed by atoms with Crippen molar-refractivity contribution in [1.29, 1.82) is 0 Å². The van der Waals surface area contributed by atoms with Crippen LogP contribution in [0, 0.1) is 0 Å². The van der Waals surface area contributed by atoms with E-state index in [0.29, 0.717) is 12.1 Å². The van der Waals surface area contributed by atoms with E-state index in [1.807, 2.05) is 0 Å². The van der Waals surface area contributed by atoms with Gasteiger partial charge in [0, 0.05) is 12.6 Å². The smallest absolute Gasteiger partial charge is 0.166 e. The molecule has 22 heavy (non-hydrogen) atoms. The molecule has 1 aromatic carbocycles. The van der Waals surface area contributed by atoms with E-state index in [1.165, 1.54) is 49.8 Å². The van der Waals surface area contributed by atoms with Crippen molar-refractivity contribution in [3.05, 3.63) is 35.4 Å². The Morgan fingerprint density at radius 1 is 1.27 bits per heavy atom. The molecular weight excluding hydrogens is 290 g/mol. The Morgan fingerprint density at radius 2 is 2.14 bits per heavy atom. The highest BCUT2D eigenvalue weighted by Crippen LogP contribution is 2.29. The Balaban J connectivity index is 1.52. The summed E-state index contributed by atoms with van der Waals surface area (Å²) in [5.41, 5.74) is 2.90. The number of benzene rings is 1. The van der Waals surface area contributed by atoms with E-state index in [2.05, 4.69) is 46.7 Å². The summed E-state index contributed by atoms with van der Waals surface area (Å²) in [7, 11) is 0. The first-order chi connectivity index (χ1) is 10.8. The molecule has 1 aromatic rings. The first-order valence-corrected chi connectivity index (χ1v) is 9.05. The van der Waals surface area contributed by atoms with E-state index >= 15 is 0 Å². The standard InChI is InChI=1S/C18H27N3S/c1-2-21-12-6-9-15(21)13-19-18(22)20-17-11-5-8-14-7-3-4-10-16(14)17/h3-4,7,10,15,17H,2,5-6,8-9,11-13H2,1H3,(H2,19,20,22)/t15-,17+/m0/s1. The molecule has 120 valence electrons. The molecule has 3 rings (SSSR count). The summed E-state index contributed by atoms with van der Waals surface area (Å²) in [6.45, 7) is 5.59. The molecular formula is C18H27N3S. The predicted molar refractivity (Wildman–Crippen MR) is 96.1 cm³/mol. The lowest BCUT2D eigenvalue weighted by molar-refractivity contribution is 0.267. The Labute approximate surface area is 139 Å². The lowest BCUT2D eigenvalue weighted by Gasteiger charge is -2.29. The van der Waals surface area contributed by atoms with E-state index in [1.54, 1.807) is 0 Å². The van der Waals surface area contributed by atoms with E-state index < -0.39 is 0 Å². The predicted octanol–water partition coefficient (Wildman–Crippen LogP) is 3.01. The highest BCUT2D eigenvalue weighted by molar-refractivity contribution is 7.80. The highest BCUT2D eigenvalue weighted by atomic mass is 32.1. The summed E-state index contributed by atoms with van der Waals surface area (Å²) in [4.78, 5) is 2.55. The number of nitrogens with zero attached hydrogens (tertiary/aromatic N) is 1. The van der Waals surface area contributed by atoms with Crippen molar-refractivity contribution in [2.24, 2.45) is 0 Å². The van der Waals surface area contributed by atoms with E-state index in [-0.39, 0.29) is 0 Å². The van der Waals surface area contributed by atoms with E-state index in [9.17, 15) is 0 Å². The van der Waals surface area contributed by atoms with Crippen molar-refractivity contribution in [3.8, 4) is 0 Å². The van der Waals surface area contributed by atoms with Gasteiger partial charge in [-0.1, -0.05) is 31.2 Å². The largest absolute Gasteiger partial charge is 0.361 e. The summed E-state index contributed by atoms with van der Waals surface area (Å²) in [6.07, 6.45) is 6.21. The second-order valence-corrected chi connectivity index (χ2v) is 6.83. The van der Waals surface area contributed by atoms with Crippen LogP contribution in [-0.2, 0) is 6.42 Å². The van der Waals surface area contributed by atoms with Gasteiger partial charge in [-0.2, -0.15) is 0 Å². The minimum absolute atomic E-state index is 0.371. The lowest BCUT2D eigenvalue weighted by atomic mass is 9.88. The Kier molecular flexibility index (Phi) is 5.32. The normalized spacial score (nSPS) is 24.8. The van der Waals surface area contributed by atoms with Crippen LogP contribution in [0.1, 0.15) is 49.8 Å². The quantitative estimate of drug-likeness (QED) is 0.835. The van der Waals surface area contributed by atoms with Crippen molar-refractivity contribution >= 4 is 17.3 Å². The maximum atomic E-state index is 5.53. The zero-order chi connectivity index (χ0) is 15.4. The zero-order valence-electron chi connectivity index (χ0n) is 13.5. The minimum atomic E-state index is 0.371.